The summed E-state index contributed by atoms with van der Waals surface area (Å²) >= 11 is 0. The fourth-order valence-electron chi connectivity index (χ4n) is 2.96. The number of hydrogen-bond acceptors (Lipinski definition) is 1. The molecule has 24 heavy (non-hydrogen) atoms. The molecular formula is C19H25N5. The van der Waals surface area contributed by atoms with Gasteiger partial charge in [0.2, 0.25) is 0 Å². The zero-order valence-electron chi connectivity index (χ0n) is 14.6. The van der Waals surface area contributed by atoms with E-state index in [0.717, 1.165) is 25.5 Å². The van der Waals surface area contributed by atoms with E-state index in [2.05, 4.69) is 64.2 Å². The zero-order valence-corrected chi connectivity index (χ0v) is 14.6. The van der Waals surface area contributed by atoms with Crippen LogP contribution in [0.5, 0.6) is 0 Å². The minimum atomic E-state index is 0.771. The van der Waals surface area contributed by atoms with Crippen molar-refractivity contribution < 1.29 is 0 Å². The van der Waals surface area contributed by atoms with E-state index in [-0.39, 0.29) is 0 Å². The maximum Gasteiger partial charge on any atom is 0.191 e. The largest absolute Gasteiger partial charge is 0.361 e. The Balaban J connectivity index is 1.53. The van der Waals surface area contributed by atoms with Crippen LogP contribution in [-0.4, -0.2) is 29.1 Å². The van der Waals surface area contributed by atoms with Crippen LogP contribution >= 0.6 is 0 Å². The normalized spacial score (nSPS) is 11.9. The number of aryl methyl sites for hydroxylation is 2. The van der Waals surface area contributed by atoms with Gasteiger partial charge in [0.15, 0.2) is 5.96 Å². The molecule has 0 spiro atoms. The first-order valence-corrected chi connectivity index (χ1v) is 8.28. The Kier molecular flexibility index (Phi) is 4.89. The van der Waals surface area contributed by atoms with Gasteiger partial charge >= 0.3 is 0 Å². The molecule has 0 aliphatic rings. The van der Waals surface area contributed by atoms with Gasteiger partial charge in [-0.25, -0.2) is 0 Å². The Morgan fingerprint density at radius 3 is 2.88 bits per heavy atom. The highest BCUT2D eigenvalue weighted by atomic mass is 15.2. The van der Waals surface area contributed by atoms with Gasteiger partial charge in [0.05, 0.1) is 0 Å². The highest BCUT2D eigenvalue weighted by Crippen LogP contribution is 2.21. The van der Waals surface area contributed by atoms with Crippen LogP contribution in [0.1, 0.15) is 16.7 Å². The fourth-order valence-corrected chi connectivity index (χ4v) is 2.96. The van der Waals surface area contributed by atoms with Gasteiger partial charge in [0, 0.05) is 56.7 Å². The van der Waals surface area contributed by atoms with Crippen molar-refractivity contribution >= 4 is 16.9 Å². The lowest BCUT2D eigenvalue weighted by Crippen LogP contribution is -2.37. The van der Waals surface area contributed by atoms with E-state index in [9.17, 15) is 0 Å². The Hall–Kier alpha value is -2.69. The quantitative estimate of drug-likeness (QED) is 0.499. The Morgan fingerprint density at radius 1 is 1.25 bits per heavy atom. The van der Waals surface area contributed by atoms with Crippen LogP contribution in [0.2, 0.25) is 0 Å². The Morgan fingerprint density at radius 2 is 2.12 bits per heavy atom. The van der Waals surface area contributed by atoms with Crippen molar-refractivity contribution in [2.24, 2.45) is 12.0 Å². The maximum atomic E-state index is 4.29. The number of aromatic amines is 1. The molecule has 0 unspecified atom stereocenters. The Bertz CT molecular complexity index is 840. The van der Waals surface area contributed by atoms with Crippen molar-refractivity contribution in [1.29, 1.82) is 0 Å². The summed E-state index contributed by atoms with van der Waals surface area (Å²) in [6.07, 6.45) is 7.22. The number of aromatic nitrogens is 2. The van der Waals surface area contributed by atoms with E-state index in [4.69, 9.17) is 0 Å². The van der Waals surface area contributed by atoms with E-state index >= 15 is 0 Å². The lowest BCUT2D eigenvalue weighted by molar-refractivity contribution is 0.794. The van der Waals surface area contributed by atoms with Crippen LogP contribution in [0.25, 0.3) is 10.9 Å². The number of H-pyrrole nitrogens is 1. The van der Waals surface area contributed by atoms with E-state index in [1.165, 1.54) is 27.6 Å². The number of nitrogens with zero attached hydrogens (tertiary/aromatic N) is 2. The van der Waals surface area contributed by atoms with Crippen LogP contribution in [0.3, 0.4) is 0 Å². The van der Waals surface area contributed by atoms with Gasteiger partial charge < -0.3 is 20.2 Å². The second-order valence-corrected chi connectivity index (χ2v) is 6.10. The second-order valence-electron chi connectivity index (χ2n) is 6.10. The first-order chi connectivity index (χ1) is 11.7. The fraction of sp³-hybridized carbons (Fsp3) is 0.316. The van der Waals surface area contributed by atoms with E-state index in [1.807, 2.05) is 17.8 Å². The molecule has 126 valence electrons. The van der Waals surface area contributed by atoms with Crippen molar-refractivity contribution in [2.75, 3.05) is 13.6 Å². The molecule has 5 nitrogen and oxygen atoms in total. The smallest absolute Gasteiger partial charge is 0.191 e. The first-order valence-electron chi connectivity index (χ1n) is 8.28. The number of guanidine groups is 1. The molecule has 0 aliphatic heterocycles. The SMILES string of the molecule is CN=C(NCCc1c[nH]c2c(C)cccc12)NCc1ccn(C)c1. The highest BCUT2D eigenvalue weighted by Gasteiger charge is 2.05. The molecule has 0 amide bonds. The minimum absolute atomic E-state index is 0.771. The molecular weight excluding hydrogens is 298 g/mol. The highest BCUT2D eigenvalue weighted by molar-refractivity contribution is 5.86. The van der Waals surface area contributed by atoms with Crippen LogP contribution in [0, 0.1) is 6.92 Å². The summed E-state index contributed by atoms with van der Waals surface area (Å²) in [5.74, 6) is 0.829. The third-order valence-electron chi connectivity index (χ3n) is 4.27. The summed E-state index contributed by atoms with van der Waals surface area (Å²) in [5.41, 5.74) is 5.10. The van der Waals surface area contributed by atoms with E-state index in [0.29, 0.717) is 0 Å². The third kappa shape index (κ3) is 3.62. The minimum Gasteiger partial charge on any atom is -0.361 e. The molecule has 0 fully saturated rings. The molecule has 3 N–H and O–H groups in total. The van der Waals surface area contributed by atoms with Crippen LogP contribution in [-0.2, 0) is 20.0 Å². The molecule has 3 rings (SSSR count). The monoisotopic (exact) mass is 323 g/mol. The van der Waals surface area contributed by atoms with Gasteiger partial charge in [-0.15, -0.1) is 0 Å². The molecule has 0 saturated heterocycles. The predicted molar refractivity (Wildman–Crippen MR) is 100 cm³/mol. The lowest BCUT2D eigenvalue weighted by Gasteiger charge is -2.11. The number of para-hydroxylation sites is 1. The van der Waals surface area contributed by atoms with Crippen LogP contribution in [0.15, 0.2) is 47.8 Å². The number of aliphatic imine (C=N–C) groups is 1. The third-order valence-corrected chi connectivity index (χ3v) is 4.27. The van der Waals surface area contributed by atoms with Crippen molar-refractivity contribution in [1.82, 2.24) is 20.2 Å². The van der Waals surface area contributed by atoms with Gasteiger partial charge in [0.1, 0.15) is 0 Å². The first kappa shape index (κ1) is 16.2. The molecule has 2 aromatic heterocycles. The second kappa shape index (κ2) is 7.25. The van der Waals surface area contributed by atoms with Gasteiger partial charge in [-0.05, 0) is 36.1 Å². The summed E-state index contributed by atoms with van der Waals surface area (Å²) in [6.45, 7) is 3.75. The molecule has 5 heteroatoms. The molecule has 0 radical (unpaired) electrons. The molecule has 0 atom stereocenters. The van der Waals surface area contributed by atoms with E-state index in [1.54, 1.807) is 7.05 Å². The summed E-state index contributed by atoms with van der Waals surface area (Å²) in [4.78, 5) is 7.67. The molecule has 2 heterocycles. The summed E-state index contributed by atoms with van der Waals surface area (Å²) in [7, 11) is 3.83. The van der Waals surface area contributed by atoms with Gasteiger partial charge in [-0.1, -0.05) is 18.2 Å². The van der Waals surface area contributed by atoms with Crippen LogP contribution in [0.4, 0.5) is 0 Å². The number of rotatable bonds is 5. The number of benzene rings is 1. The summed E-state index contributed by atoms with van der Waals surface area (Å²) < 4.78 is 2.05. The van der Waals surface area contributed by atoms with E-state index < -0.39 is 0 Å². The topological polar surface area (TPSA) is 57.1 Å². The van der Waals surface area contributed by atoms with Crippen molar-refractivity contribution in [3.63, 3.8) is 0 Å². The van der Waals surface area contributed by atoms with Crippen molar-refractivity contribution in [3.05, 3.63) is 59.5 Å². The van der Waals surface area contributed by atoms with Gasteiger partial charge in [-0.3, -0.25) is 4.99 Å². The standard InChI is InChI=1S/C19H25N5/c1-14-5-4-6-17-16(12-22-18(14)17)7-9-21-19(20-2)23-11-15-8-10-24(3)13-15/h4-6,8,10,12-13,22H,7,9,11H2,1-3H3,(H2,20,21,23). The average Bonchev–Trinajstić information content (AvgIpc) is 3.18. The number of nitrogens with one attached hydrogen (secondary N) is 3. The number of hydrogen-bond donors (Lipinski definition) is 3. The van der Waals surface area contributed by atoms with Crippen molar-refractivity contribution in [2.45, 2.75) is 19.9 Å². The van der Waals surface area contributed by atoms with Gasteiger partial charge in [0.25, 0.3) is 0 Å². The Labute approximate surface area is 142 Å². The van der Waals surface area contributed by atoms with Crippen molar-refractivity contribution in [3.8, 4) is 0 Å². The zero-order chi connectivity index (χ0) is 16.9. The molecule has 0 saturated carbocycles. The molecule has 0 aliphatic carbocycles. The summed E-state index contributed by atoms with van der Waals surface area (Å²) in [5, 5.41) is 8.03. The molecule has 1 aromatic carbocycles. The maximum absolute atomic E-state index is 4.29. The number of fused-ring (bicyclic) bond motifs is 1. The van der Waals surface area contributed by atoms with Gasteiger partial charge in [-0.2, -0.15) is 0 Å². The molecule has 0 bridgehead atoms. The molecule has 3 aromatic rings. The average molecular weight is 323 g/mol. The predicted octanol–water partition coefficient (Wildman–Crippen LogP) is 2.72. The summed E-state index contributed by atoms with van der Waals surface area (Å²) in [6, 6.07) is 8.53. The lowest BCUT2D eigenvalue weighted by atomic mass is 10.1. The van der Waals surface area contributed by atoms with Crippen LogP contribution < -0.4 is 10.6 Å².